The van der Waals surface area contributed by atoms with E-state index in [-0.39, 0.29) is 17.2 Å². The molecule has 0 radical (unpaired) electrons. The monoisotopic (exact) mass is 353 g/mol. The molecule has 3 aromatic carbocycles. The molecule has 0 aromatic heterocycles. The second-order valence-corrected chi connectivity index (χ2v) is 5.91. The summed E-state index contributed by atoms with van der Waals surface area (Å²) in [4.78, 5) is 0. The second-order valence-electron chi connectivity index (χ2n) is 5.47. The first kappa shape index (κ1) is 16.8. The number of nitrogens with zero attached hydrogens (tertiary/aromatic N) is 2. The molecule has 3 rings (SSSR count). The highest BCUT2D eigenvalue weighted by Gasteiger charge is 2.10. The van der Waals surface area contributed by atoms with E-state index in [9.17, 15) is 10.2 Å². The number of aromatic hydroxyl groups is 2. The largest absolute Gasteiger partial charge is 0.506 e. The Labute approximate surface area is 150 Å². The molecule has 6 heteroatoms. The van der Waals surface area contributed by atoms with Crippen molar-refractivity contribution in [2.24, 2.45) is 10.2 Å². The zero-order valence-electron chi connectivity index (χ0n) is 13.4. The lowest BCUT2D eigenvalue weighted by Crippen LogP contribution is -1.93. The van der Waals surface area contributed by atoms with Gasteiger partial charge in [0.05, 0.1) is 11.4 Å². The van der Waals surface area contributed by atoms with Gasteiger partial charge in [0.2, 0.25) is 0 Å². The van der Waals surface area contributed by atoms with Crippen molar-refractivity contribution < 1.29 is 10.2 Å². The number of benzene rings is 3. The van der Waals surface area contributed by atoms with Crippen LogP contribution in [-0.2, 0) is 0 Å². The summed E-state index contributed by atoms with van der Waals surface area (Å²) in [6, 6.07) is 17.2. The summed E-state index contributed by atoms with van der Waals surface area (Å²) in [5.74, 6) is -0.127. The fraction of sp³-hybridized carbons (Fsp3) is 0.0526. The zero-order chi connectivity index (χ0) is 17.8. The molecule has 0 aliphatic rings. The van der Waals surface area contributed by atoms with Gasteiger partial charge in [0.25, 0.3) is 0 Å². The van der Waals surface area contributed by atoms with Crippen molar-refractivity contribution in [1.82, 2.24) is 0 Å². The van der Waals surface area contributed by atoms with Crippen LogP contribution in [0.2, 0.25) is 5.02 Å². The van der Waals surface area contributed by atoms with Crippen molar-refractivity contribution in [2.45, 2.75) is 6.92 Å². The van der Waals surface area contributed by atoms with Crippen LogP contribution < -0.4 is 5.32 Å². The van der Waals surface area contributed by atoms with E-state index in [2.05, 4.69) is 15.5 Å². The summed E-state index contributed by atoms with van der Waals surface area (Å²) < 4.78 is 0. The van der Waals surface area contributed by atoms with Gasteiger partial charge in [-0.05, 0) is 42.8 Å². The maximum absolute atomic E-state index is 10.2. The average molecular weight is 354 g/mol. The van der Waals surface area contributed by atoms with Crippen LogP contribution in [0.15, 0.2) is 70.9 Å². The fourth-order valence-corrected chi connectivity index (χ4v) is 2.35. The molecule has 0 spiro atoms. The van der Waals surface area contributed by atoms with Gasteiger partial charge in [-0.2, -0.15) is 5.11 Å². The minimum Gasteiger partial charge on any atom is -0.506 e. The number of hydrogen-bond donors (Lipinski definition) is 3. The van der Waals surface area contributed by atoms with Crippen molar-refractivity contribution in [1.29, 1.82) is 0 Å². The van der Waals surface area contributed by atoms with Crippen molar-refractivity contribution in [3.8, 4) is 11.5 Å². The van der Waals surface area contributed by atoms with E-state index in [1.54, 1.807) is 24.3 Å². The van der Waals surface area contributed by atoms with Gasteiger partial charge >= 0.3 is 0 Å². The molecule has 3 aromatic rings. The molecule has 25 heavy (non-hydrogen) atoms. The molecule has 0 atom stereocenters. The Morgan fingerprint density at radius 2 is 1.56 bits per heavy atom. The third-order valence-corrected chi connectivity index (χ3v) is 3.86. The molecule has 5 nitrogen and oxygen atoms in total. The van der Waals surface area contributed by atoms with Gasteiger partial charge in [0.15, 0.2) is 0 Å². The first-order valence-electron chi connectivity index (χ1n) is 7.59. The van der Waals surface area contributed by atoms with Gasteiger partial charge in [0, 0.05) is 22.8 Å². The smallest absolute Gasteiger partial charge is 0.145 e. The summed E-state index contributed by atoms with van der Waals surface area (Å²) in [6.07, 6.45) is 0. The number of nitrogens with one attached hydrogen (secondary N) is 1. The Kier molecular flexibility index (Phi) is 4.86. The third-order valence-electron chi connectivity index (χ3n) is 3.61. The lowest BCUT2D eigenvalue weighted by atomic mass is 10.2. The number of anilines is 2. The topological polar surface area (TPSA) is 77.2 Å². The lowest BCUT2D eigenvalue weighted by molar-refractivity contribution is 0.463. The highest BCUT2D eigenvalue weighted by Crippen LogP contribution is 2.39. The summed E-state index contributed by atoms with van der Waals surface area (Å²) >= 11 is 5.82. The molecule has 0 amide bonds. The molecule has 0 heterocycles. The van der Waals surface area contributed by atoms with Gasteiger partial charge < -0.3 is 15.5 Å². The molecule has 0 aliphatic heterocycles. The minimum absolute atomic E-state index is 0.0360. The van der Waals surface area contributed by atoms with E-state index in [1.807, 2.05) is 31.2 Å². The molecular weight excluding hydrogens is 338 g/mol. The van der Waals surface area contributed by atoms with Crippen LogP contribution >= 0.6 is 11.6 Å². The first-order valence-corrected chi connectivity index (χ1v) is 7.96. The van der Waals surface area contributed by atoms with Gasteiger partial charge in [0.1, 0.15) is 17.2 Å². The van der Waals surface area contributed by atoms with Gasteiger partial charge in [-0.1, -0.05) is 29.8 Å². The molecule has 0 saturated carbocycles. The Hall–Kier alpha value is -3.05. The van der Waals surface area contributed by atoms with Gasteiger partial charge in [-0.15, -0.1) is 5.11 Å². The number of azo groups is 1. The van der Waals surface area contributed by atoms with Gasteiger partial charge in [-0.25, -0.2) is 0 Å². The lowest BCUT2D eigenvalue weighted by Gasteiger charge is -2.12. The number of halogens is 1. The zero-order valence-corrected chi connectivity index (χ0v) is 14.2. The van der Waals surface area contributed by atoms with E-state index in [0.29, 0.717) is 16.4 Å². The normalized spacial score (nSPS) is 11.0. The van der Waals surface area contributed by atoms with Crippen LogP contribution in [0.1, 0.15) is 5.56 Å². The van der Waals surface area contributed by atoms with Crippen LogP contribution in [-0.4, -0.2) is 10.2 Å². The minimum atomic E-state index is -0.0911. The molecular formula is C19H16ClN3O2. The predicted octanol–water partition coefficient (Wildman–Crippen LogP) is 6.22. The Morgan fingerprint density at radius 3 is 2.28 bits per heavy atom. The molecule has 0 aliphatic carbocycles. The number of aryl methyl sites for hydroxylation is 1. The van der Waals surface area contributed by atoms with Crippen molar-refractivity contribution in [3.05, 3.63) is 71.2 Å². The van der Waals surface area contributed by atoms with E-state index in [0.717, 1.165) is 11.3 Å². The van der Waals surface area contributed by atoms with Gasteiger partial charge in [-0.3, -0.25) is 0 Å². The number of phenolic OH excluding ortho intramolecular Hbond substituents is 2. The second kappa shape index (κ2) is 7.23. The fourth-order valence-electron chi connectivity index (χ4n) is 2.22. The average Bonchev–Trinajstić information content (AvgIpc) is 2.60. The highest BCUT2D eigenvalue weighted by molar-refractivity contribution is 6.30. The Balaban J connectivity index is 1.85. The molecule has 0 bridgehead atoms. The van der Waals surface area contributed by atoms with Crippen molar-refractivity contribution >= 4 is 34.4 Å². The van der Waals surface area contributed by atoms with Crippen LogP contribution in [0, 0.1) is 6.92 Å². The Morgan fingerprint density at radius 1 is 0.840 bits per heavy atom. The maximum Gasteiger partial charge on any atom is 0.145 e. The number of phenols is 2. The molecule has 0 saturated heterocycles. The van der Waals surface area contributed by atoms with Crippen LogP contribution in [0.4, 0.5) is 22.7 Å². The van der Waals surface area contributed by atoms with Crippen LogP contribution in [0.5, 0.6) is 11.5 Å². The summed E-state index contributed by atoms with van der Waals surface area (Å²) in [5, 5.41) is 32.1. The summed E-state index contributed by atoms with van der Waals surface area (Å²) in [7, 11) is 0. The SMILES string of the molecule is Cc1ccccc1Nc1cc(O)c(N=Nc2ccc(Cl)cc2)cc1O. The quantitative estimate of drug-likeness (QED) is 0.296. The molecule has 3 N–H and O–H groups in total. The van der Waals surface area contributed by atoms with E-state index >= 15 is 0 Å². The van der Waals surface area contributed by atoms with E-state index in [1.165, 1.54) is 12.1 Å². The summed E-state index contributed by atoms with van der Waals surface area (Å²) in [5.41, 5.74) is 3.01. The van der Waals surface area contributed by atoms with Crippen LogP contribution in [0.25, 0.3) is 0 Å². The number of para-hydroxylation sites is 1. The van der Waals surface area contributed by atoms with E-state index in [4.69, 9.17) is 11.6 Å². The van der Waals surface area contributed by atoms with Crippen LogP contribution in [0.3, 0.4) is 0 Å². The predicted molar refractivity (Wildman–Crippen MR) is 99.9 cm³/mol. The molecule has 0 fully saturated rings. The molecule has 126 valence electrons. The molecule has 0 unspecified atom stereocenters. The Bertz CT molecular complexity index is 924. The first-order chi connectivity index (χ1) is 12.0. The van der Waals surface area contributed by atoms with Crippen molar-refractivity contribution in [2.75, 3.05) is 5.32 Å². The third kappa shape index (κ3) is 4.08. The standard InChI is InChI=1S/C19H16ClN3O2/c1-12-4-2-3-5-15(12)21-16-10-19(25)17(11-18(16)24)23-22-14-8-6-13(20)7-9-14/h2-11,21,24-25H,1H3. The number of hydrogen-bond acceptors (Lipinski definition) is 5. The summed E-state index contributed by atoms with van der Waals surface area (Å²) in [6.45, 7) is 1.95. The maximum atomic E-state index is 10.2. The number of rotatable bonds is 4. The van der Waals surface area contributed by atoms with E-state index < -0.39 is 0 Å². The van der Waals surface area contributed by atoms with Crippen molar-refractivity contribution in [3.63, 3.8) is 0 Å². The highest BCUT2D eigenvalue weighted by atomic mass is 35.5.